The van der Waals surface area contributed by atoms with E-state index >= 15 is 0 Å². The van der Waals surface area contributed by atoms with Crippen molar-refractivity contribution >= 4 is 0 Å². The number of fused-ring (bicyclic) bond motifs is 1. The smallest absolute Gasteiger partial charge is 0.124 e. The first-order valence-electron chi connectivity index (χ1n) is 7.11. The minimum Gasteiger partial charge on any atom is -0.491 e. The molecule has 0 aromatic heterocycles. The van der Waals surface area contributed by atoms with Gasteiger partial charge in [-0.05, 0) is 24.8 Å². The second kappa shape index (κ2) is 4.25. The molecule has 1 saturated heterocycles. The third-order valence-corrected chi connectivity index (χ3v) is 4.54. The Morgan fingerprint density at radius 2 is 2.11 bits per heavy atom. The average Bonchev–Trinajstić information content (AvgIpc) is 3.19. The van der Waals surface area contributed by atoms with E-state index in [4.69, 9.17) is 4.74 Å². The summed E-state index contributed by atoms with van der Waals surface area (Å²) in [5.74, 6) is 2.02. The van der Waals surface area contributed by atoms with E-state index in [1.54, 1.807) is 0 Å². The summed E-state index contributed by atoms with van der Waals surface area (Å²) in [7, 11) is 0. The Morgan fingerprint density at radius 1 is 1.22 bits per heavy atom. The molecular formula is C15H20N2O. The quantitative estimate of drug-likeness (QED) is 0.858. The molecule has 0 bridgehead atoms. The third-order valence-electron chi connectivity index (χ3n) is 4.54. The fraction of sp³-hybridized carbons (Fsp3) is 0.600. The van der Waals surface area contributed by atoms with Crippen LogP contribution in [0.4, 0.5) is 0 Å². The zero-order valence-electron chi connectivity index (χ0n) is 10.6. The Balaban J connectivity index is 1.53. The highest BCUT2D eigenvalue weighted by Crippen LogP contribution is 2.38. The van der Waals surface area contributed by atoms with Gasteiger partial charge in [-0.25, -0.2) is 0 Å². The maximum absolute atomic E-state index is 5.81. The van der Waals surface area contributed by atoms with Crippen molar-refractivity contribution in [3.05, 3.63) is 29.8 Å². The number of ether oxygens (including phenoxy) is 1. The van der Waals surface area contributed by atoms with Gasteiger partial charge in [0.2, 0.25) is 0 Å². The summed E-state index contributed by atoms with van der Waals surface area (Å²) in [4.78, 5) is 2.62. The van der Waals surface area contributed by atoms with Crippen molar-refractivity contribution in [2.45, 2.75) is 24.9 Å². The minimum atomic E-state index is 0.476. The number of rotatable bonds is 2. The summed E-state index contributed by atoms with van der Waals surface area (Å²) in [5.41, 5.74) is 1.38. The van der Waals surface area contributed by atoms with Crippen LogP contribution in [0.1, 0.15) is 24.4 Å². The molecule has 1 aromatic carbocycles. The van der Waals surface area contributed by atoms with E-state index in [9.17, 15) is 0 Å². The predicted octanol–water partition coefficient (Wildman–Crippen LogP) is 1.80. The van der Waals surface area contributed by atoms with E-state index in [1.807, 2.05) is 0 Å². The zero-order chi connectivity index (χ0) is 11.9. The van der Waals surface area contributed by atoms with Gasteiger partial charge in [-0.15, -0.1) is 0 Å². The van der Waals surface area contributed by atoms with Gasteiger partial charge in [-0.2, -0.15) is 0 Å². The van der Waals surface area contributed by atoms with Crippen molar-refractivity contribution in [1.82, 2.24) is 10.2 Å². The van der Waals surface area contributed by atoms with Crippen molar-refractivity contribution in [1.29, 1.82) is 0 Å². The van der Waals surface area contributed by atoms with E-state index < -0.39 is 0 Å². The van der Waals surface area contributed by atoms with Crippen molar-refractivity contribution in [3.63, 3.8) is 0 Å². The molecule has 1 aliphatic carbocycles. The van der Waals surface area contributed by atoms with Crippen LogP contribution in [-0.4, -0.2) is 37.2 Å². The van der Waals surface area contributed by atoms with Crippen molar-refractivity contribution in [2.75, 3.05) is 26.2 Å². The molecule has 0 amide bonds. The summed E-state index contributed by atoms with van der Waals surface area (Å²) < 4.78 is 5.81. The van der Waals surface area contributed by atoms with Crippen LogP contribution < -0.4 is 10.1 Å². The van der Waals surface area contributed by atoms with Crippen LogP contribution in [-0.2, 0) is 0 Å². The van der Waals surface area contributed by atoms with Crippen LogP contribution in [0.2, 0.25) is 0 Å². The first-order valence-corrected chi connectivity index (χ1v) is 7.11. The molecule has 2 heterocycles. The minimum absolute atomic E-state index is 0.476. The molecule has 2 unspecified atom stereocenters. The van der Waals surface area contributed by atoms with Crippen LogP contribution in [0.15, 0.2) is 24.3 Å². The number of hydrogen-bond acceptors (Lipinski definition) is 3. The van der Waals surface area contributed by atoms with Crippen LogP contribution in [0.25, 0.3) is 0 Å². The summed E-state index contributed by atoms with van der Waals surface area (Å²) in [5, 5.41) is 3.68. The standard InChI is InChI=1S/C15H20N2O/c1-2-4-15-12(3-1)14(10-18-15)17-8-7-16-13(9-17)11-5-6-11/h1-4,11,13-14,16H,5-10H2. The molecule has 0 spiro atoms. The van der Waals surface area contributed by atoms with Crippen LogP contribution in [0.5, 0.6) is 5.75 Å². The number of hydrogen-bond donors (Lipinski definition) is 1. The lowest BCUT2D eigenvalue weighted by atomic mass is 10.0. The predicted molar refractivity (Wildman–Crippen MR) is 70.8 cm³/mol. The molecule has 3 heteroatoms. The van der Waals surface area contributed by atoms with Crippen molar-refractivity contribution in [2.24, 2.45) is 5.92 Å². The lowest BCUT2D eigenvalue weighted by Crippen LogP contribution is -2.52. The number of nitrogens with one attached hydrogen (secondary N) is 1. The van der Waals surface area contributed by atoms with Crippen LogP contribution in [0, 0.1) is 5.92 Å². The van der Waals surface area contributed by atoms with Gasteiger partial charge < -0.3 is 10.1 Å². The van der Waals surface area contributed by atoms with Crippen LogP contribution in [0.3, 0.4) is 0 Å². The maximum atomic E-state index is 5.81. The van der Waals surface area contributed by atoms with Gasteiger partial charge in [0.05, 0.1) is 6.04 Å². The fourth-order valence-electron chi connectivity index (χ4n) is 3.35. The lowest BCUT2D eigenvalue weighted by molar-refractivity contribution is 0.117. The van der Waals surface area contributed by atoms with Crippen molar-refractivity contribution in [3.8, 4) is 5.75 Å². The van der Waals surface area contributed by atoms with Gasteiger partial charge in [-0.3, -0.25) is 4.90 Å². The lowest BCUT2D eigenvalue weighted by Gasteiger charge is -2.37. The van der Waals surface area contributed by atoms with E-state index in [0.717, 1.165) is 31.4 Å². The summed E-state index contributed by atoms with van der Waals surface area (Å²) >= 11 is 0. The average molecular weight is 244 g/mol. The van der Waals surface area contributed by atoms with Gasteiger partial charge in [0.1, 0.15) is 12.4 Å². The summed E-state index contributed by atoms with van der Waals surface area (Å²) in [6.07, 6.45) is 2.84. The normalized spacial score (nSPS) is 32.0. The summed E-state index contributed by atoms with van der Waals surface area (Å²) in [6.45, 7) is 4.29. The summed E-state index contributed by atoms with van der Waals surface area (Å²) in [6, 6.07) is 9.69. The van der Waals surface area contributed by atoms with E-state index in [0.29, 0.717) is 12.1 Å². The molecule has 2 fully saturated rings. The molecule has 4 rings (SSSR count). The van der Waals surface area contributed by atoms with Gasteiger partial charge in [0.25, 0.3) is 0 Å². The molecule has 1 N–H and O–H groups in total. The second-order valence-corrected chi connectivity index (χ2v) is 5.76. The van der Waals surface area contributed by atoms with E-state index in [1.165, 1.54) is 24.9 Å². The Hall–Kier alpha value is -1.06. The highest BCUT2D eigenvalue weighted by molar-refractivity contribution is 5.39. The topological polar surface area (TPSA) is 24.5 Å². The first kappa shape index (κ1) is 10.8. The highest BCUT2D eigenvalue weighted by atomic mass is 16.5. The van der Waals surface area contributed by atoms with E-state index in [2.05, 4.69) is 34.5 Å². The SMILES string of the molecule is c1ccc2c(c1)OCC2N1CCNC(C2CC2)C1. The molecule has 2 aliphatic heterocycles. The molecule has 3 aliphatic rings. The van der Waals surface area contributed by atoms with E-state index in [-0.39, 0.29) is 0 Å². The molecule has 0 radical (unpaired) electrons. The molecular weight excluding hydrogens is 224 g/mol. The molecule has 1 aromatic rings. The number of benzene rings is 1. The third kappa shape index (κ3) is 1.82. The molecule has 3 nitrogen and oxygen atoms in total. The van der Waals surface area contributed by atoms with Crippen molar-refractivity contribution < 1.29 is 4.74 Å². The highest BCUT2D eigenvalue weighted by Gasteiger charge is 2.37. The molecule has 96 valence electrons. The Bertz CT molecular complexity index is 444. The Morgan fingerprint density at radius 3 is 3.00 bits per heavy atom. The largest absolute Gasteiger partial charge is 0.491 e. The molecule has 2 atom stereocenters. The number of para-hydroxylation sites is 1. The Kier molecular flexibility index (Phi) is 2.55. The maximum Gasteiger partial charge on any atom is 0.124 e. The number of piperazine rings is 1. The van der Waals surface area contributed by atoms with Gasteiger partial charge in [0, 0.05) is 31.2 Å². The molecule has 1 saturated carbocycles. The second-order valence-electron chi connectivity index (χ2n) is 5.76. The zero-order valence-corrected chi connectivity index (χ0v) is 10.6. The molecule has 18 heavy (non-hydrogen) atoms. The Labute approximate surface area is 108 Å². The fourth-order valence-corrected chi connectivity index (χ4v) is 3.35. The van der Waals surface area contributed by atoms with Gasteiger partial charge >= 0.3 is 0 Å². The van der Waals surface area contributed by atoms with Gasteiger partial charge in [-0.1, -0.05) is 18.2 Å². The monoisotopic (exact) mass is 244 g/mol. The van der Waals surface area contributed by atoms with Crippen LogP contribution >= 0.6 is 0 Å². The van der Waals surface area contributed by atoms with Gasteiger partial charge in [0.15, 0.2) is 0 Å². The first-order chi connectivity index (χ1) is 8.92. The number of nitrogens with zero attached hydrogens (tertiary/aromatic N) is 1.